The maximum atomic E-state index is 11.6. The lowest BCUT2D eigenvalue weighted by Crippen LogP contribution is -2.15. The minimum absolute atomic E-state index is 0.0278. The van der Waals surface area contributed by atoms with E-state index in [0.717, 1.165) is 12.8 Å². The fourth-order valence-electron chi connectivity index (χ4n) is 1.70. The molecule has 0 saturated carbocycles. The van der Waals surface area contributed by atoms with Crippen LogP contribution in [0, 0.1) is 0 Å². The average molecular weight is 285 g/mol. The minimum atomic E-state index is -0.634. The van der Waals surface area contributed by atoms with Crippen molar-refractivity contribution in [2.45, 2.75) is 32.2 Å². The monoisotopic (exact) mass is 285 g/mol. The summed E-state index contributed by atoms with van der Waals surface area (Å²) in [5.74, 6) is -1.11. The number of hydrogen-bond acceptors (Lipinski definition) is 7. The second-order valence-corrected chi connectivity index (χ2v) is 4.14. The standard InChI is InChI=1S/C12H19N3O5/c1-19-10(17)8-9-11(12(18)20-2)13-14-15(9)6-4-3-5-7-16/h16H,3-8H2,1-2H3. The third kappa shape index (κ3) is 4.30. The SMILES string of the molecule is COC(=O)Cc1c(C(=O)OC)nnn1CCCCCO. The Morgan fingerprint density at radius 2 is 1.95 bits per heavy atom. The molecule has 0 spiro atoms. The van der Waals surface area contributed by atoms with Gasteiger partial charge in [-0.25, -0.2) is 9.48 Å². The number of carbonyl (C=O) groups is 2. The molecular weight excluding hydrogens is 266 g/mol. The first kappa shape index (κ1) is 16.1. The molecular formula is C12H19N3O5. The topological polar surface area (TPSA) is 104 Å². The van der Waals surface area contributed by atoms with Gasteiger partial charge in [-0.05, 0) is 19.3 Å². The van der Waals surface area contributed by atoms with Gasteiger partial charge in [0, 0.05) is 13.2 Å². The molecule has 0 saturated heterocycles. The smallest absolute Gasteiger partial charge is 0.360 e. The van der Waals surface area contributed by atoms with Crippen LogP contribution in [0.4, 0.5) is 0 Å². The maximum Gasteiger partial charge on any atom is 0.360 e. The predicted molar refractivity (Wildman–Crippen MR) is 68.0 cm³/mol. The summed E-state index contributed by atoms with van der Waals surface area (Å²) in [5, 5.41) is 16.3. The lowest BCUT2D eigenvalue weighted by atomic mass is 10.2. The lowest BCUT2D eigenvalue weighted by Gasteiger charge is -2.06. The van der Waals surface area contributed by atoms with Crippen molar-refractivity contribution in [2.75, 3.05) is 20.8 Å². The first-order chi connectivity index (χ1) is 9.63. The number of aliphatic hydroxyl groups excluding tert-OH is 1. The van der Waals surface area contributed by atoms with Gasteiger partial charge in [0.15, 0.2) is 5.69 Å². The molecule has 0 aliphatic carbocycles. The van der Waals surface area contributed by atoms with E-state index in [0.29, 0.717) is 18.7 Å². The first-order valence-electron chi connectivity index (χ1n) is 6.32. The van der Waals surface area contributed by atoms with Crippen molar-refractivity contribution < 1.29 is 24.2 Å². The summed E-state index contributed by atoms with van der Waals surface area (Å²) >= 11 is 0. The third-order valence-corrected chi connectivity index (χ3v) is 2.78. The summed E-state index contributed by atoms with van der Waals surface area (Å²) in [6.07, 6.45) is 2.19. The van der Waals surface area contributed by atoms with Crippen LogP contribution in [0.15, 0.2) is 0 Å². The molecule has 0 unspecified atom stereocenters. The normalized spacial score (nSPS) is 10.3. The molecule has 1 N–H and O–H groups in total. The van der Waals surface area contributed by atoms with E-state index >= 15 is 0 Å². The number of aryl methyl sites for hydroxylation is 1. The maximum absolute atomic E-state index is 11.6. The highest BCUT2D eigenvalue weighted by Gasteiger charge is 2.22. The minimum Gasteiger partial charge on any atom is -0.469 e. The van der Waals surface area contributed by atoms with Crippen molar-refractivity contribution in [3.05, 3.63) is 11.4 Å². The highest BCUT2D eigenvalue weighted by atomic mass is 16.5. The van der Waals surface area contributed by atoms with E-state index in [1.807, 2.05) is 0 Å². The quantitative estimate of drug-likeness (QED) is 0.527. The Hall–Kier alpha value is -1.96. The van der Waals surface area contributed by atoms with E-state index < -0.39 is 11.9 Å². The van der Waals surface area contributed by atoms with Crippen molar-refractivity contribution in [3.8, 4) is 0 Å². The molecule has 8 heteroatoms. The van der Waals surface area contributed by atoms with E-state index in [1.54, 1.807) is 0 Å². The molecule has 0 radical (unpaired) electrons. The van der Waals surface area contributed by atoms with Crippen LogP contribution in [0.5, 0.6) is 0 Å². The molecule has 1 heterocycles. The van der Waals surface area contributed by atoms with Gasteiger partial charge in [0.1, 0.15) is 0 Å². The number of rotatable bonds is 8. The van der Waals surface area contributed by atoms with Crippen molar-refractivity contribution in [1.29, 1.82) is 0 Å². The van der Waals surface area contributed by atoms with Crippen LogP contribution in [0.2, 0.25) is 0 Å². The van der Waals surface area contributed by atoms with Crippen molar-refractivity contribution in [2.24, 2.45) is 0 Å². The number of nitrogens with zero attached hydrogens (tertiary/aromatic N) is 3. The molecule has 1 aromatic rings. The van der Waals surface area contributed by atoms with E-state index in [9.17, 15) is 9.59 Å². The predicted octanol–water partition coefficient (Wildman–Crippen LogP) is -0.0572. The molecule has 1 rings (SSSR count). The van der Waals surface area contributed by atoms with Gasteiger partial charge >= 0.3 is 11.9 Å². The summed E-state index contributed by atoms with van der Waals surface area (Å²) in [6, 6.07) is 0. The Labute approximate surface area is 116 Å². The van der Waals surface area contributed by atoms with Crippen LogP contribution in [-0.4, -0.2) is 52.9 Å². The highest BCUT2D eigenvalue weighted by Crippen LogP contribution is 2.10. The number of carbonyl (C=O) groups excluding carboxylic acids is 2. The molecule has 1 aromatic heterocycles. The zero-order valence-corrected chi connectivity index (χ0v) is 11.7. The zero-order chi connectivity index (χ0) is 15.0. The van der Waals surface area contributed by atoms with Crippen molar-refractivity contribution in [3.63, 3.8) is 0 Å². The number of ether oxygens (including phenoxy) is 2. The van der Waals surface area contributed by atoms with E-state index in [-0.39, 0.29) is 18.7 Å². The summed E-state index contributed by atoms with van der Waals surface area (Å²) < 4.78 is 10.7. The number of aromatic nitrogens is 3. The van der Waals surface area contributed by atoms with E-state index in [4.69, 9.17) is 5.11 Å². The number of hydrogen-bond donors (Lipinski definition) is 1. The molecule has 0 amide bonds. The van der Waals surface area contributed by atoms with Crippen LogP contribution in [0.25, 0.3) is 0 Å². The summed E-state index contributed by atoms with van der Waals surface area (Å²) in [7, 11) is 2.51. The fraction of sp³-hybridized carbons (Fsp3) is 0.667. The Bertz CT molecular complexity index is 458. The van der Waals surface area contributed by atoms with Crippen molar-refractivity contribution in [1.82, 2.24) is 15.0 Å². The van der Waals surface area contributed by atoms with Gasteiger partial charge in [-0.3, -0.25) is 4.79 Å². The molecule has 0 bridgehead atoms. The first-order valence-corrected chi connectivity index (χ1v) is 6.32. The van der Waals surface area contributed by atoms with Gasteiger partial charge in [0.25, 0.3) is 0 Å². The summed E-state index contributed by atoms with van der Waals surface area (Å²) in [5.41, 5.74) is 0.410. The Morgan fingerprint density at radius 1 is 1.20 bits per heavy atom. The largest absolute Gasteiger partial charge is 0.469 e. The Morgan fingerprint density at radius 3 is 2.55 bits per heavy atom. The van der Waals surface area contributed by atoms with Gasteiger partial charge < -0.3 is 14.6 Å². The molecule has 0 aromatic carbocycles. The van der Waals surface area contributed by atoms with Gasteiger partial charge in [-0.2, -0.15) is 0 Å². The second-order valence-electron chi connectivity index (χ2n) is 4.14. The molecule has 0 fully saturated rings. The second kappa shape index (κ2) is 8.26. The number of methoxy groups -OCH3 is 2. The van der Waals surface area contributed by atoms with Gasteiger partial charge in [0.05, 0.1) is 26.3 Å². The number of unbranched alkanes of at least 4 members (excludes halogenated alkanes) is 2. The molecule has 8 nitrogen and oxygen atoms in total. The highest BCUT2D eigenvalue weighted by molar-refractivity contribution is 5.89. The molecule has 0 atom stereocenters. The summed E-state index contributed by atoms with van der Waals surface area (Å²) in [6.45, 7) is 0.649. The van der Waals surface area contributed by atoms with Crippen LogP contribution in [-0.2, 0) is 27.2 Å². The molecule has 0 aliphatic rings. The van der Waals surface area contributed by atoms with Crippen LogP contribution in [0.1, 0.15) is 35.4 Å². The Kier molecular flexibility index (Phi) is 6.65. The Balaban J connectivity index is 2.84. The molecule has 0 aliphatic heterocycles. The third-order valence-electron chi connectivity index (χ3n) is 2.78. The van der Waals surface area contributed by atoms with Crippen LogP contribution < -0.4 is 0 Å². The zero-order valence-electron chi connectivity index (χ0n) is 11.7. The average Bonchev–Trinajstić information content (AvgIpc) is 2.85. The van der Waals surface area contributed by atoms with Crippen molar-refractivity contribution >= 4 is 11.9 Å². The van der Waals surface area contributed by atoms with Crippen LogP contribution >= 0.6 is 0 Å². The summed E-state index contributed by atoms with van der Waals surface area (Å²) in [4.78, 5) is 23.0. The molecule has 20 heavy (non-hydrogen) atoms. The fourth-order valence-corrected chi connectivity index (χ4v) is 1.70. The van der Waals surface area contributed by atoms with Crippen LogP contribution in [0.3, 0.4) is 0 Å². The molecule has 112 valence electrons. The number of aliphatic hydroxyl groups is 1. The lowest BCUT2D eigenvalue weighted by molar-refractivity contribution is -0.139. The van der Waals surface area contributed by atoms with Gasteiger partial charge in [-0.1, -0.05) is 5.21 Å². The van der Waals surface area contributed by atoms with E-state index in [2.05, 4.69) is 19.8 Å². The van der Waals surface area contributed by atoms with Gasteiger partial charge in [-0.15, -0.1) is 5.10 Å². The number of esters is 2. The van der Waals surface area contributed by atoms with E-state index in [1.165, 1.54) is 18.9 Å². The van der Waals surface area contributed by atoms with Gasteiger partial charge in [0.2, 0.25) is 0 Å².